The monoisotopic (exact) mass is 243 g/mol. The van der Waals surface area contributed by atoms with E-state index in [2.05, 4.69) is 5.32 Å². The molecule has 0 bridgehead atoms. The third kappa shape index (κ3) is 3.67. The van der Waals surface area contributed by atoms with E-state index < -0.39 is 17.9 Å². The van der Waals surface area contributed by atoms with E-state index in [0.29, 0.717) is 26.2 Å². The lowest BCUT2D eigenvalue weighted by Gasteiger charge is -2.34. The molecule has 98 valence electrons. The van der Waals surface area contributed by atoms with Crippen molar-refractivity contribution in [3.05, 3.63) is 0 Å². The summed E-state index contributed by atoms with van der Waals surface area (Å²) in [5, 5.41) is 12.7. The molecule has 6 nitrogen and oxygen atoms in total. The third-order valence-electron chi connectivity index (χ3n) is 2.84. The van der Waals surface area contributed by atoms with Crippen LogP contribution in [0.2, 0.25) is 0 Å². The van der Waals surface area contributed by atoms with E-state index in [4.69, 9.17) is 0 Å². The lowest BCUT2D eigenvalue weighted by Crippen LogP contribution is -2.56. The Kier molecular flexibility index (Phi) is 5.37. The highest BCUT2D eigenvalue weighted by Gasteiger charge is 2.32. The minimum Gasteiger partial charge on any atom is -0.390 e. The zero-order valence-electron chi connectivity index (χ0n) is 10.5. The molecule has 2 amide bonds. The number of aliphatic hydroxyl groups is 1. The molecule has 0 aromatic rings. The van der Waals surface area contributed by atoms with Crippen molar-refractivity contribution in [2.24, 2.45) is 0 Å². The van der Waals surface area contributed by atoms with Crippen LogP contribution < -0.4 is 5.32 Å². The molecule has 2 N–H and O–H groups in total. The average Bonchev–Trinajstić information content (AvgIpc) is 2.33. The van der Waals surface area contributed by atoms with Gasteiger partial charge in [-0.25, -0.2) is 0 Å². The summed E-state index contributed by atoms with van der Waals surface area (Å²) in [6.45, 7) is 6.83. The number of hydrogen-bond donors (Lipinski definition) is 2. The quantitative estimate of drug-likeness (QED) is 0.566. The zero-order chi connectivity index (χ0) is 12.8. The Balaban J connectivity index is 2.45. The summed E-state index contributed by atoms with van der Waals surface area (Å²) in [5.74, 6) is -0.969. The molecule has 17 heavy (non-hydrogen) atoms. The number of amides is 2. The van der Waals surface area contributed by atoms with Crippen molar-refractivity contribution in [1.82, 2.24) is 15.1 Å². The summed E-state index contributed by atoms with van der Waals surface area (Å²) in [6.07, 6.45) is -0.625. The van der Waals surface area contributed by atoms with Gasteiger partial charge in [0.25, 0.3) is 0 Å². The number of carbonyl (C=O) groups excluding carboxylic acids is 2. The van der Waals surface area contributed by atoms with E-state index in [1.54, 1.807) is 0 Å². The first-order valence-corrected chi connectivity index (χ1v) is 6.07. The molecular formula is C11H21N3O3. The second-order valence-corrected chi connectivity index (χ2v) is 4.10. The molecule has 1 saturated heterocycles. The smallest absolute Gasteiger partial charge is 0.312 e. The van der Waals surface area contributed by atoms with Gasteiger partial charge in [0.1, 0.15) is 0 Å². The molecule has 0 spiro atoms. The predicted octanol–water partition coefficient (Wildman–Crippen LogP) is -1.35. The number of likely N-dealkylation sites (N-methyl/N-ethyl adjacent to an activating group) is 2. The lowest BCUT2D eigenvalue weighted by atomic mass is 10.2. The van der Waals surface area contributed by atoms with Crippen molar-refractivity contribution in [3.8, 4) is 0 Å². The van der Waals surface area contributed by atoms with Crippen LogP contribution in [0.4, 0.5) is 0 Å². The van der Waals surface area contributed by atoms with Crippen molar-refractivity contribution in [2.75, 3.05) is 39.3 Å². The van der Waals surface area contributed by atoms with Crippen LogP contribution in [-0.4, -0.2) is 72.1 Å². The number of β-amino-alcohol motifs (C(OH)–C–C–N with tert-alkyl or cyclic N) is 1. The summed E-state index contributed by atoms with van der Waals surface area (Å²) >= 11 is 0. The highest BCUT2D eigenvalue weighted by atomic mass is 16.3. The fourth-order valence-electron chi connectivity index (χ4n) is 1.82. The first-order chi connectivity index (χ1) is 8.10. The Morgan fingerprint density at radius 1 is 1.24 bits per heavy atom. The van der Waals surface area contributed by atoms with E-state index in [0.717, 1.165) is 6.54 Å². The van der Waals surface area contributed by atoms with Gasteiger partial charge in [0.05, 0.1) is 6.10 Å². The second kappa shape index (κ2) is 6.56. The summed E-state index contributed by atoms with van der Waals surface area (Å²) in [5.41, 5.74) is 0. The van der Waals surface area contributed by atoms with Crippen LogP contribution in [0.3, 0.4) is 0 Å². The van der Waals surface area contributed by atoms with Crippen LogP contribution in [0.15, 0.2) is 0 Å². The van der Waals surface area contributed by atoms with Crippen molar-refractivity contribution in [3.63, 3.8) is 0 Å². The van der Waals surface area contributed by atoms with E-state index >= 15 is 0 Å². The highest BCUT2D eigenvalue weighted by Crippen LogP contribution is 2.05. The molecule has 0 aromatic carbocycles. The molecule has 1 atom stereocenters. The number of rotatable bonds is 6. The summed E-state index contributed by atoms with van der Waals surface area (Å²) in [4.78, 5) is 26.3. The van der Waals surface area contributed by atoms with Gasteiger partial charge in [0, 0.05) is 32.7 Å². The van der Waals surface area contributed by atoms with Gasteiger partial charge in [-0.3, -0.25) is 9.59 Å². The minimum atomic E-state index is -0.625. The summed E-state index contributed by atoms with van der Waals surface area (Å²) in [7, 11) is 0. The standard InChI is InChI=1S/C11H21N3O3/c1-3-12-7-9(15)8-14-6-5-13(4-2)10(16)11(14)17/h9,12,15H,3-8H2,1-2H3. The van der Waals surface area contributed by atoms with Gasteiger partial charge in [0.2, 0.25) is 0 Å². The molecular weight excluding hydrogens is 222 g/mol. The van der Waals surface area contributed by atoms with Gasteiger partial charge in [-0.2, -0.15) is 0 Å². The molecule has 0 aliphatic carbocycles. The molecule has 0 aromatic heterocycles. The Hall–Kier alpha value is -1.14. The van der Waals surface area contributed by atoms with Gasteiger partial charge in [-0.15, -0.1) is 0 Å². The van der Waals surface area contributed by atoms with E-state index in [-0.39, 0.29) is 6.54 Å². The van der Waals surface area contributed by atoms with Crippen LogP contribution in [0.5, 0.6) is 0 Å². The molecule has 1 rings (SSSR count). The largest absolute Gasteiger partial charge is 0.390 e. The number of hydrogen-bond acceptors (Lipinski definition) is 4. The molecule has 1 heterocycles. The molecule has 0 radical (unpaired) electrons. The van der Waals surface area contributed by atoms with Crippen LogP contribution in [0.1, 0.15) is 13.8 Å². The van der Waals surface area contributed by atoms with Crippen LogP contribution >= 0.6 is 0 Å². The maximum Gasteiger partial charge on any atom is 0.312 e. The maximum absolute atomic E-state index is 11.7. The SMILES string of the molecule is CCNCC(O)CN1CCN(CC)C(=O)C1=O. The molecule has 1 fully saturated rings. The highest BCUT2D eigenvalue weighted by molar-refractivity contribution is 6.35. The van der Waals surface area contributed by atoms with Crippen LogP contribution in [-0.2, 0) is 9.59 Å². The molecule has 1 aliphatic rings. The number of aliphatic hydroxyl groups excluding tert-OH is 1. The summed E-state index contributed by atoms with van der Waals surface area (Å²) < 4.78 is 0. The Morgan fingerprint density at radius 3 is 2.41 bits per heavy atom. The fourth-order valence-corrected chi connectivity index (χ4v) is 1.82. The normalized spacial score (nSPS) is 18.8. The number of nitrogens with zero attached hydrogens (tertiary/aromatic N) is 2. The number of piperazine rings is 1. The minimum absolute atomic E-state index is 0.217. The van der Waals surface area contributed by atoms with Crippen LogP contribution in [0.25, 0.3) is 0 Å². The van der Waals surface area contributed by atoms with Crippen molar-refractivity contribution in [1.29, 1.82) is 0 Å². The van der Waals surface area contributed by atoms with E-state index in [9.17, 15) is 14.7 Å². The summed E-state index contributed by atoms with van der Waals surface area (Å²) in [6, 6.07) is 0. The Morgan fingerprint density at radius 2 is 1.82 bits per heavy atom. The lowest BCUT2D eigenvalue weighted by molar-refractivity contribution is -0.156. The predicted molar refractivity (Wildman–Crippen MR) is 63.4 cm³/mol. The first-order valence-electron chi connectivity index (χ1n) is 6.07. The Bertz CT molecular complexity index is 283. The van der Waals surface area contributed by atoms with Gasteiger partial charge in [0.15, 0.2) is 0 Å². The van der Waals surface area contributed by atoms with Gasteiger partial charge < -0.3 is 20.2 Å². The number of carbonyl (C=O) groups is 2. The molecule has 0 saturated carbocycles. The molecule has 6 heteroatoms. The number of nitrogens with one attached hydrogen (secondary N) is 1. The van der Waals surface area contributed by atoms with E-state index in [1.807, 2.05) is 13.8 Å². The fraction of sp³-hybridized carbons (Fsp3) is 0.818. The Labute approximate surface area is 102 Å². The van der Waals surface area contributed by atoms with Crippen LogP contribution in [0, 0.1) is 0 Å². The average molecular weight is 243 g/mol. The molecule has 1 aliphatic heterocycles. The van der Waals surface area contributed by atoms with Crippen molar-refractivity contribution < 1.29 is 14.7 Å². The zero-order valence-corrected chi connectivity index (χ0v) is 10.5. The van der Waals surface area contributed by atoms with Gasteiger partial charge in [-0.05, 0) is 13.5 Å². The topological polar surface area (TPSA) is 72.9 Å². The first kappa shape index (κ1) is 13.9. The van der Waals surface area contributed by atoms with Crippen molar-refractivity contribution in [2.45, 2.75) is 20.0 Å². The molecule has 1 unspecified atom stereocenters. The maximum atomic E-state index is 11.7. The van der Waals surface area contributed by atoms with E-state index in [1.165, 1.54) is 9.80 Å². The van der Waals surface area contributed by atoms with Crippen molar-refractivity contribution >= 4 is 11.8 Å². The third-order valence-corrected chi connectivity index (χ3v) is 2.84. The second-order valence-electron chi connectivity index (χ2n) is 4.10. The van der Waals surface area contributed by atoms with Gasteiger partial charge in [-0.1, -0.05) is 6.92 Å². The van der Waals surface area contributed by atoms with Gasteiger partial charge >= 0.3 is 11.8 Å².